The van der Waals surface area contributed by atoms with Crippen LogP contribution in [0.25, 0.3) is 0 Å². The quantitative estimate of drug-likeness (QED) is 0.666. The SMILES string of the molecule is O=S(=O)(O)C(c1ccc(O)cc1)S(=O)(=O)O. The van der Waals surface area contributed by atoms with E-state index < -0.39 is 24.8 Å². The van der Waals surface area contributed by atoms with Gasteiger partial charge >= 0.3 is 0 Å². The molecule has 0 heterocycles. The molecular weight excluding hydrogens is 260 g/mol. The predicted molar refractivity (Wildman–Crippen MR) is 53.9 cm³/mol. The zero-order valence-electron chi connectivity index (χ0n) is 7.68. The number of benzene rings is 1. The smallest absolute Gasteiger partial charge is 0.289 e. The Kier molecular flexibility index (Phi) is 3.24. The van der Waals surface area contributed by atoms with E-state index in [1.54, 1.807) is 0 Å². The van der Waals surface area contributed by atoms with Gasteiger partial charge in [0, 0.05) is 0 Å². The van der Waals surface area contributed by atoms with Crippen LogP contribution < -0.4 is 0 Å². The van der Waals surface area contributed by atoms with Gasteiger partial charge in [-0.05, 0) is 17.7 Å². The van der Waals surface area contributed by atoms with Gasteiger partial charge in [-0.2, -0.15) is 16.8 Å². The first-order valence-electron chi connectivity index (χ1n) is 3.84. The normalized spacial score (nSPS) is 12.9. The van der Waals surface area contributed by atoms with Crippen molar-refractivity contribution in [2.24, 2.45) is 0 Å². The molecule has 0 amide bonds. The van der Waals surface area contributed by atoms with Crippen LogP contribution in [0.2, 0.25) is 0 Å². The molecule has 1 rings (SSSR count). The average Bonchev–Trinajstić information content (AvgIpc) is 2.03. The van der Waals surface area contributed by atoms with Crippen molar-refractivity contribution in [3.05, 3.63) is 29.8 Å². The largest absolute Gasteiger partial charge is 0.508 e. The topological polar surface area (TPSA) is 129 Å². The van der Waals surface area contributed by atoms with Crippen LogP contribution in [-0.4, -0.2) is 31.0 Å². The van der Waals surface area contributed by atoms with Crippen LogP contribution in [0.15, 0.2) is 24.3 Å². The molecule has 0 aliphatic carbocycles. The lowest BCUT2D eigenvalue weighted by molar-refractivity contribution is 0.455. The molecule has 0 unspecified atom stereocenters. The van der Waals surface area contributed by atoms with E-state index in [1.807, 2.05) is 0 Å². The van der Waals surface area contributed by atoms with E-state index in [0.29, 0.717) is 0 Å². The molecular formula is C7H8O7S2. The second kappa shape index (κ2) is 4.01. The Morgan fingerprint density at radius 1 is 0.875 bits per heavy atom. The molecule has 0 radical (unpaired) electrons. The first-order chi connectivity index (χ1) is 7.12. The summed E-state index contributed by atoms with van der Waals surface area (Å²) in [6.45, 7) is 0. The third kappa shape index (κ3) is 2.92. The van der Waals surface area contributed by atoms with E-state index in [9.17, 15) is 16.8 Å². The summed E-state index contributed by atoms with van der Waals surface area (Å²) in [6.07, 6.45) is 0. The van der Waals surface area contributed by atoms with Gasteiger partial charge in [-0.15, -0.1) is 0 Å². The Morgan fingerprint density at radius 3 is 1.56 bits per heavy atom. The lowest BCUT2D eigenvalue weighted by Crippen LogP contribution is -2.21. The van der Waals surface area contributed by atoms with Gasteiger partial charge in [-0.1, -0.05) is 12.1 Å². The Balaban J connectivity index is 3.41. The Morgan fingerprint density at radius 2 is 1.25 bits per heavy atom. The Hall–Kier alpha value is -1.16. The molecule has 1 aromatic rings. The molecule has 90 valence electrons. The zero-order chi connectivity index (χ0) is 12.6. The van der Waals surface area contributed by atoms with Gasteiger partial charge in [-0.3, -0.25) is 9.11 Å². The van der Waals surface area contributed by atoms with Gasteiger partial charge in [0.25, 0.3) is 20.2 Å². The lowest BCUT2D eigenvalue weighted by atomic mass is 10.2. The number of hydrogen-bond acceptors (Lipinski definition) is 5. The summed E-state index contributed by atoms with van der Waals surface area (Å²) in [5, 5.41) is 8.92. The predicted octanol–water partition coefficient (Wildman–Crippen LogP) is 0.166. The molecule has 0 fully saturated rings. The maximum Gasteiger partial charge on any atom is 0.289 e. The van der Waals surface area contributed by atoms with Crippen molar-refractivity contribution in [2.75, 3.05) is 0 Å². The van der Waals surface area contributed by atoms with E-state index in [4.69, 9.17) is 14.2 Å². The third-order valence-electron chi connectivity index (χ3n) is 1.71. The van der Waals surface area contributed by atoms with Crippen LogP contribution in [0.3, 0.4) is 0 Å². The molecule has 0 atom stereocenters. The fourth-order valence-electron chi connectivity index (χ4n) is 1.13. The Bertz CT molecular complexity index is 538. The molecule has 0 aromatic heterocycles. The summed E-state index contributed by atoms with van der Waals surface area (Å²) < 4.78 is 58.2. The Labute approximate surface area is 91.8 Å². The maximum atomic E-state index is 10.8. The van der Waals surface area contributed by atoms with Crippen molar-refractivity contribution < 1.29 is 31.0 Å². The highest BCUT2D eigenvalue weighted by atomic mass is 32.3. The molecule has 0 bridgehead atoms. The molecule has 9 heteroatoms. The number of phenols is 1. The number of phenolic OH excluding ortho intramolecular Hbond substituents is 1. The fraction of sp³-hybridized carbons (Fsp3) is 0.143. The van der Waals surface area contributed by atoms with Crippen LogP contribution in [0.4, 0.5) is 0 Å². The zero-order valence-corrected chi connectivity index (χ0v) is 9.31. The minimum atomic E-state index is -5.01. The van der Waals surface area contributed by atoms with E-state index in [-0.39, 0.29) is 11.3 Å². The molecule has 0 aliphatic rings. The highest BCUT2D eigenvalue weighted by Crippen LogP contribution is 2.27. The molecule has 0 aliphatic heterocycles. The first-order valence-corrected chi connectivity index (χ1v) is 6.84. The van der Waals surface area contributed by atoms with Crippen LogP contribution in [-0.2, 0) is 20.2 Å². The fourth-order valence-corrected chi connectivity index (χ4v) is 3.36. The highest BCUT2D eigenvalue weighted by Gasteiger charge is 2.37. The van der Waals surface area contributed by atoms with Gasteiger partial charge in [0.15, 0.2) is 0 Å². The van der Waals surface area contributed by atoms with Crippen LogP contribution in [0.5, 0.6) is 5.75 Å². The van der Waals surface area contributed by atoms with Crippen molar-refractivity contribution >= 4 is 20.2 Å². The molecule has 3 N–H and O–H groups in total. The van der Waals surface area contributed by atoms with Crippen molar-refractivity contribution in [3.63, 3.8) is 0 Å². The second-order valence-electron chi connectivity index (χ2n) is 2.95. The number of aromatic hydroxyl groups is 1. The molecule has 0 spiro atoms. The minimum Gasteiger partial charge on any atom is -0.508 e. The second-order valence-corrected chi connectivity index (χ2v) is 6.25. The molecule has 0 saturated carbocycles. The lowest BCUT2D eigenvalue weighted by Gasteiger charge is -2.10. The van der Waals surface area contributed by atoms with Crippen LogP contribution >= 0.6 is 0 Å². The molecule has 7 nitrogen and oxygen atoms in total. The standard InChI is InChI=1S/C7H8O7S2/c8-6-3-1-5(2-4-6)7(15(9,10)11)16(12,13)14/h1-4,7-8H,(H,9,10,11)(H,12,13,14). The summed E-state index contributed by atoms with van der Waals surface area (Å²) in [7, 11) is -10.0. The van der Waals surface area contributed by atoms with E-state index in [0.717, 1.165) is 24.3 Å². The van der Waals surface area contributed by atoms with Crippen molar-refractivity contribution in [1.82, 2.24) is 0 Å². The summed E-state index contributed by atoms with van der Waals surface area (Å²) >= 11 is 0. The summed E-state index contributed by atoms with van der Waals surface area (Å²) in [4.78, 5) is 0. The average molecular weight is 268 g/mol. The number of rotatable bonds is 3. The van der Waals surface area contributed by atoms with E-state index in [1.165, 1.54) is 0 Å². The van der Waals surface area contributed by atoms with E-state index >= 15 is 0 Å². The molecule has 16 heavy (non-hydrogen) atoms. The van der Waals surface area contributed by atoms with Gasteiger partial charge in [-0.25, -0.2) is 0 Å². The molecule has 0 saturated heterocycles. The van der Waals surface area contributed by atoms with E-state index in [2.05, 4.69) is 0 Å². The minimum absolute atomic E-state index is 0.215. The summed E-state index contributed by atoms with van der Waals surface area (Å²) in [5.41, 5.74) is -0.372. The van der Waals surface area contributed by atoms with Crippen molar-refractivity contribution in [2.45, 2.75) is 4.58 Å². The van der Waals surface area contributed by atoms with Crippen LogP contribution in [0, 0.1) is 0 Å². The van der Waals surface area contributed by atoms with Crippen molar-refractivity contribution in [1.29, 1.82) is 0 Å². The third-order valence-corrected chi connectivity index (χ3v) is 4.79. The van der Waals surface area contributed by atoms with Gasteiger partial charge in [0.1, 0.15) is 5.75 Å². The van der Waals surface area contributed by atoms with Crippen molar-refractivity contribution in [3.8, 4) is 5.75 Å². The maximum absolute atomic E-state index is 10.8. The first kappa shape index (κ1) is 12.9. The van der Waals surface area contributed by atoms with Gasteiger partial charge in [0.2, 0.25) is 4.58 Å². The number of hydrogen-bond donors (Lipinski definition) is 3. The van der Waals surface area contributed by atoms with Crippen LogP contribution in [0.1, 0.15) is 10.1 Å². The van der Waals surface area contributed by atoms with Gasteiger partial charge in [0.05, 0.1) is 0 Å². The summed E-state index contributed by atoms with van der Waals surface area (Å²) in [6, 6.07) is 3.97. The molecule has 1 aromatic carbocycles. The van der Waals surface area contributed by atoms with Gasteiger partial charge < -0.3 is 5.11 Å². The summed E-state index contributed by atoms with van der Waals surface area (Å²) in [5.74, 6) is -0.215. The highest BCUT2D eigenvalue weighted by molar-refractivity contribution is 8.03. The monoisotopic (exact) mass is 268 g/mol.